The number of amides is 2. The van der Waals surface area contributed by atoms with Crippen molar-refractivity contribution in [3.05, 3.63) is 95.7 Å². The van der Waals surface area contributed by atoms with Crippen molar-refractivity contribution in [3.63, 3.8) is 0 Å². The zero-order valence-electron chi connectivity index (χ0n) is 21.9. The lowest BCUT2D eigenvalue weighted by molar-refractivity contribution is 0.0963. The molecule has 3 N–H and O–H groups in total. The van der Waals surface area contributed by atoms with E-state index in [4.69, 9.17) is 9.84 Å². The van der Waals surface area contributed by atoms with Gasteiger partial charge in [-0.3, -0.25) is 9.59 Å². The highest BCUT2D eigenvalue weighted by atomic mass is 16.5. The molecule has 2 amide bonds. The number of anilines is 1. The van der Waals surface area contributed by atoms with Crippen LogP contribution in [0.2, 0.25) is 0 Å². The molecule has 1 aliphatic heterocycles. The fourth-order valence-corrected chi connectivity index (χ4v) is 5.06. The highest BCUT2D eigenvalue weighted by Gasteiger charge is 2.20. The number of ether oxygens (including phenoxy) is 1. The third kappa shape index (κ3) is 6.25. The summed E-state index contributed by atoms with van der Waals surface area (Å²) < 4.78 is 6.04. The molecule has 1 saturated heterocycles. The number of pyridine rings is 1. The number of piperidine rings is 1. The van der Waals surface area contributed by atoms with Crippen LogP contribution in [-0.2, 0) is 0 Å². The van der Waals surface area contributed by atoms with Gasteiger partial charge in [-0.1, -0.05) is 24.3 Å². The Morgan fingerprint density at radius 1 is 0.974 bits per heavy atom. The normalized spacial score (nSPS) is 14.2. The Bertz CT molecular complexity index is 1460. The highest BCUT2D eigenvalue weighted by Crippen LogP contribution is 2.30. The van der Waals surface area contributed by atoms with Crippen LogP contribution in [0.3, 0.4) is 0 Å². The first-order valence-electron chi connectivity index (χ1n) is 13.2. The zero-order valence-corrected chi connectivity index (χ0v) is 21.9. The van der Waals surface area contributed by atoms with E-state index in [2.05, 4.69) is 20.5 Å². The molecular formula is C31H32N4O4. The maximum Gasteiger partial charge on any atom is 0.256 e. The first-order valence-corrected chi connectivity index (χ1v) is 13.2. The molecule has 0 atom stereocenters. The van der Waals surface area contributed by atoms with E-state index < -0.39 is 0 Å². The number of hydrogen-bond donors (Lipinski definition) is 3. The van der Waals surface area contributed by atoms with Crippen LogP contribution in [0.15, 0.2) is 79.0 Å². The quantitative estimate of drug-likeness (QED) is 0.306. The Balaban J connectivity index is 1.22. The fraction of sp³-hybridized carbons (Fsp3) is 0.258. The first kappa shape index (κ1) is 26.3. The van der Waals surface area contributed by atoms with E-state index in [0.717, 1.165) is 43.2 Å². The number of β-amino-alcohol motifs (C(OH)–C–C–N with tert-alkyl or cyclic N) is 1. The van der Waals surface area contributed by atoms with E-state index in [9.17, 15) is 9.59 Å². The lowest BCUT2D eigenvalue weighted by Gasteiger charge is -2.31. The van der Waals surface area contributed by atoms with Gasteiger partial charge in [0, 0.05) is 37.0 Å². The largest absolute Gasteiger partial charge is 0.457 e. The number of fused-ring (bicyclic) bond motifs is 1. The Labute approximate surface area is 227 Å². The van der Waals surface area contributed by atoms with Gasteiger partial charge < -0.3 is 25.4 Å². The van der Waals surface area contributed by atoms with Gasteiger partial charge >= 0.3 is 0 Å². The maximum absolute atomic E-state index is 12.9. The summed E-state index contributed by atoms with van der Waals surface area (Å²) in [7, 11) is 1.61. The lowest BCUT2D eigenvalue weighted by Crippen LogP contribution is -2.34. The SMILES string of the molecule is CNC(=O)c1cccc2cc(Oc3ccnc(NC(=O)c4ccc(C5CCN(CCO)CC5)cc4)c3)ccc12. The van der Waals surface area contributed by atoms with E-state index in [-0.39, 0.29) is 18.4 Å². The van der Waals surface area contributed by atoms with Crippen LogP contribution in [0.5, 0.6) is 11.5 Å². The highest BCUT2D eigenvalue weighted by molar-refractivity contribution is 6.07. The number of aromatic nitrogens is 1. The number of benzene rings is 3. The third-order valence-electron chi connectivity index (χ3n) is 7.18. The molecule has 0 radical (unpaired) electrons. The van der Waals surface area contributed by atoms with Crippen molar-refractivity contribution in [2.45, 2.75) is 18.8 Å². The second-order valence-corrected chi connectivity index (χ2v) is 9.66. The minimum atomic E-state index is -0.239. The van der Waals surface area contributed by atoms with Gasteiger partial charge in [0.25, 0.3) is 11.8 Å². The number of likely N-dealkylation sites (tertiary alicyclic amines) is 1. The minimum Gasteiger partial charge on any atom is -0.457 e. The molecule has 2 heterocycles. The fourth-order valence-electron chi connectivity index (χ4n) is 5.06. The van der Waals surface area contributed by atoms with E-state index in [1.165, 1.54) is 5.56 Å². The van der Waals surface area contributed by atoms with Gasteiger partial charge in [0.15, 0.2) is 0 Å². The number of hydrogen-bond acceptors (Lipinski definition) is 6. The maximum atomic E-state index is 12.9. The van der Waals surface area contributed by atoms with Crippen LogP contribution in [0, 0.1) is 0 Å². The van der Waals surface area contributed by atoms with Gasteiger partial charge in [0.1, 0.15) is 17.3 Å². The standard InChI is InChI=1S/C31H32N4O4/c1-32-31(38)28-4-2-3-24-19-25(9-10-27(24)28)39-26-11-14-33-29(20-26)34-30(37)23-7-5-21(6-8-23)22-12-15-35(16-13-22)17-18-36/h2-11,14,19-20,22,36H,12-13,15-18H2,1H3,(H,32,38)(H,33,34,37). The van der Waals surface area contributed by atoms with Gasteiger partial charge in [0.2, 0.25) is 0 Å². The summed E-state index contributed by atoms with van der Waals surface area (Å²) in [6.45, 7) is 2.89. The van der Waals surface area contributed by atoms with Crippen LogP contribution in [0.25, 0.3) is 10.8 Å². The van der Waals surface area contributed by atoms with Gasteiger partial charge in [-0.05, 0) is 90.6 Å². The summed E-state index contributed by atoms with van der Waals surface area (Å²) in [6.07, 6.45) is 3.69. The number of carbonyl (C=O) groups excluding carboxylic acids is 2. The van der Waals surface area contributed by atoms with Gasteiger partial charge in [-0.2, -0.15) is 0 Å². The van der Waals surface area contributed by atoms with Crippen LogP contribution >= 0.6 is 0 Å². The van der Waals surface area contributed by atoms with E-state index >= 15 is 0 Å². The zero-order chi connectivity index (χ0) is 27.2. The van der Waals surface area contributed by atoms with Crippen molar-refractivity contribution in [3.8, 4) is 11.5 Å². The minimum absolute atomic E-state index is 0.141. The molecule has 8 heteroatoms. The number of nitrogens with zero attached hydrogens (tertiary/aromatic N) is 2. The average Bonchev–Trinajstić information content (AvgIpc) is 2.97. The molecule has 8 nitrogen and oxygen atoms in total. The molecule has 1 aliphatic rings. The van der Waals surface area contributed by atoms with Crippen molar-refractivity contribution >= 4 is 28.4 Å². The molecule has 200 valence electrons. The number of carbonyl (C=O) groups is 2. The summed E-state index contributed by atoms with van der Waals surface area (Å²) in [6, 6.07) is 22.3. The van der Waals surface area contributed by atoms with Crippen LogP contribution in [0.4, 0.5) is 5.82 Å². The van der Waals surface area contributed by atoms with E-state index in [1.807, 2.05) is 54.6 Å². The molecule has 3 aromatic carbocycles. The van der Waals surface area contributed by atoms with Gasteiger partial charge in [-0.15, -0.1) is 0 Å². The molecule has 5 rings (SSSR count). The number of rotatable bonds is 8. The summed E-state index contributed by atoms with van der Waals surface area (Å²) in [4.78, 5) is 31.6. The second-order valence-electron chi connectivity index (χ2n) is 9.66. The molecular weight excluding hydrogens is 492 g/mol. The summed E-state index contributed by atoms with van der Waals surface area (Å²) >= 11 is 0. The van der Waals surface area contributed by atoms with Crippen LogP contribution in [0.1, 0.15) is 45.0 Å². The molecule has 0 bridgehead atoms. The Hall–Kier alpha value is -4.27. The molecule has 0 saturated carbocycles. The summed E-state index contributed by atoms with van der Waals surface area (Å²) in [5.41, 5.74) is 2.40. The molecule has 1 fully saturated rings. The Kier molecular flexibility index (Phi) is 8.15. The molecule has 1 aromatic heterocycles. The van der Waals surface area contributed by atoms with Crippen molar-refractivity contribution < 1.29 is 19.4 Å². The monoisotopic (exact) mass is 524 g/mol. The average molecular weight is 525 g/mol. The van der Waals surface area contributed by atoms with Gasteiger partial charge in [0.05, 0.1) is 6.61 Å². The summed E-state index contributed by atoms with van der Waals surface area (Å²) in [5, 5.41) is 16.4. The van der Waals surface area contributed by atoms with Crippen molar-refractivity contribution in [1.82, 2.24) is 15.2 Å². The predicted octanol–water partition coefficient (Wildman–Crippen LogP) is 4.81. The van der Waals surface area contributed by atoms with Crippen molar-refractivity contribution in [1.29, 1.82) is 0 Å². The number of nitrogens with one attached hydrogen (secondary N) is 2. The van der Waals surface area contributed by atoms with Crippen LogP contribution in [-0.4, -0.2) is 60.1 Å². The molecule has 4 aromatic rings. The van der Waals surface area contributed by atoms with Crippen LogP contribution < -0.4 is 15.4 Å². The Morgan fingerprint density at radius 3 is 2.49 bits per heavy atom. The summed E-state index contributed by atoms with van der Waals surface area (Å²) in [5.74, 6) is 1.62. The topological polar surface area (TPSA) is 104 Å². The predicted molar refractivity (Wildman–Crippen MR) is 152 cm³/mol. The molecule has 0 aliphatic carbocycles. The molecule has 39 heavy (non-hydrogen) atoms. The van der Waals surface area contributed by atoms with Crippen molar-refractivity contribution in [2.75, 3.05) is 38.6 Å². The third-order valence-corrected chi connectivity index (χ3v) is 7.18. The molecule has 0 unspecified atom stereocenters. The molecule has 0 spiro atoms. The smallest absolute Gasteiger partial charge is 0.256 e. The van der Waals surface area contributed by atoms with Crippen molar-refractivity contribution in [2.24, 2.45) is 0 Å². The second kappa shape index (κ2) is 12.1. The lowest BCUT2D eigenvalue weighted by atomic mass is 9.89. The first-order chi connectivity index (χ1) is 19.0. The van der Waals surface area contributed by atoms with E-state index in [0.29, 0.717) is 34.4 Å². The Morgan fingerprint density at radius 2 is 1.74 bits per heavy atom. The van der Waals surface area contributed by atoms with Gasteiger partial charge in [-0.25, -0.2) is 4.98 Å². The number of aliphatic hydroxyl groups excluding tert-OH is 1. The number of aliphatic hydroxyl groups is 1. The van der Waals surface area contributed by atoms with E-state index in [1.54, 1.807) is 31.4 Å².